The van der Waals surface area contributed by atoms with Crippen LogP contribution in [0, 0.1) is 6.92 Å². The minimum atomic E-state index is -3.97. The molecule has 0 aliphatic rings. The molecular formula is C13H17BrClNO4S. The SMILES string of the molecule is Cc1cc(Br)cc(S(=O)(=O)Cl)c1OCC(=O)N(C)C(C)C. The van der Waals surface area contributed by atoms with Crippen molar-refractivity contribution in [2.24, 2.45) is 0 Å². The topological polar surface area (TPSA) is 63.7 Å². The van der Waals surface area contributed by atoms with Crippen LogP contribution >= 0.6 is 26.6 Å². The maximum Gasteiger partial charge on any atom is 0.265 e. The van der Waals surface area contributed by atoms with Crippen molar-refractivity contribution < 1.29 is 17.9 Å². The third-order valence-corrected chi connectivity index (χ3v) is 4.76. The predicted octanol–water partition coefficient (Wildman–Crippen LogP) is 2.93. The number of halogens is 2. The monoisotopic (exact) mass is 397 g/mol. The van der Waals surface area contributed by atoms with Gasteiger partial charge in [-0.15, -0.1) is 0 Å². The van der Waals surface area contributed by atoms with Crippen molar-refractivity contribution in [1.29, 1.82) is 0 Å². The smallest absolute Gasteiger partial charge is 0.265 e. The lowest BCUT2D eigenvalue weighted by Gasteiger charge is -2.22. The second-order valence-corrected chi connectivity index (χ2v) is 8.32. The second-order valence-electron chi connectivity index (χ2n) is 4.87. The number of aryl methyl sites for hydroxylation is 1. The van der Waals surface area contributed by atoms with Crippen LogP contribution < -0.4 is 4.74 Å². The lowest BCUT2D eigenvalue weighted by Crippen LogP contribution is -2.36. The molecule has 8 heteroatoms. The molecule has 1 rings (SSSR count). The quantitative estimate of drug-likeness (QED) is 0.715. The minimum Gasteiger partial charge on any atom is -0.482 e. The number of amides is 1. The highest BCUT2D eigenvalue weighted by atomic mass is 79.9. The van der Waals surface area contributed by atoms with Crippen LogP contribution in [-0.2, 0) is 13.8 Å². The first-order valence-corrected chi connectivity index (χ1v) is 9.27. The number of benzene rings is 1. The Labute approximate surface area is 137 Å². The van der Waals surface area contributed by atoms with E-state index in [1.807, 2.05) is 13.8 Å². The number of likely N-dealkylation sites (N-methyl/N-ethyl adjacent to an activating group) is 1. The molecule has 0 aliphatic heterocycles. The molecule has 0 saturated heterocycles. The highest BCUT2D eigenvalue weighted by molar-refractivity contribution is 9.10. The third kappa shape index (κ3) is 4.86. The number of hydrogen-bond acceptors (Lipinski definition) is 4. The first-order chi connectivity index (χ1) is 9.54. The first kappa shape index (κ1) is 18.3. The van der Waals surface area contributed by atoms with Crippen LogP contribution in [0.15, 0.2) is 21.5 Å². The van der Waals surface area contributed by atoms with E-state index in [0.717, 1.165) is 0 Å². The van der Waals surface area contributed by atoms with Crippen molar-refractivity contribution in [3.05, 3.63) is 22.2 Å². The lowest BCUT2D eigenvalue weighted by atomic mass is 10.2. The van der Waals surface area contributed by atoms with Crippen molar-refractivity contribution in [3.8, 4) is 5.75 Å². The van der Waals surface area contributed by atoms with Crippen LogP contribution in [0.3, 0.4) is 0 Å². The lowest BCUT2D eigenvalue weighted by molar-refractivity contribution is -0.133. The summed E-state index contributed by atoms with van der Waals surface area (Å²) in [6.07, 6.45) is 0. The summed E-state index contributed by atoms with van der Waals surface area (Å²) in [5, 5.41) is 0. The largest absolute Gasteiger partial charge is 0.482 e. The zero-order valence-electron chi connectivity index (χ0n) is 12.2. The minimum absolute atomic E-state index is 0.0309. The van der Waals surface area contributed by atoms with Gasteiger partial charge in [-0.05, 0) is 38.5 Å². The van der Waals surface area contributed by atoms with Crippen molar-refractivity contribution in [1.82, 2.24) is 4.90 Å². The fraction of sp³-hybridized carbons (Fsp3) is 0.462. The molecule has 21 heavy (non-hydrogen) atoms. The number of nitrogens with zero attached hydrogens (tertiary/aromatic N) is 1. The summed E-state index contributed by atoms with van der Waals surface area (Å²) in [7, 11) is 3.10. The molecule has 0 fully saturated rings. The molecule has 1 amide bonds. The molecule has 0 radical (unpaired) electrons. The number of hydrogen-bond donors (Lipinski definition) is 0. The van der Waals surface area contributed by atoms with E-state index in [4.69, 9.17) is 15.4 Å². The summed E-state index contributed by atoms with van der Waals surface area (Å²) in [5.74, 6) is -0.149. The Bertz CT molecular complexity index is 646. The molecule has 0 atom stereocenters. The van der Waals surface area contributed by atoms with E-state index in [2.05, 4.69) is 15.9 Å². The summed E-state index contributed by atoms with van der Waals surface area (Å²) in [6, 6.07) is 3.07. The summed E-state index contributed by atoms with van der Waals surface area (Å²) >= 11 is 3.21. The van der Waals surface area contributed by atoms with E-state index in [9.17, 15) is 13.2 Å². The van der Waals surface area contributed by atoms with Gasteiger partial charge in [0.25, 0.3) is 15.0 Å². The average molecular weight is 399 g/mol. The maximum absolute atomic E-state index is 11.9. The average Bonchev–Trinajstić information content (AvgIpc) is 2.34. The fourth-order valence-electron chi connectivity index (χ4n) is 1.59. The third-order valence-electron chi connectivity index (χ3n) is 2.98. The van der Waals surface area contributed by atoms with Crippen molar-refractivity contribution >= 4 is 41.6 Å². The van der Waals surface area contributed by atoms with Gasteiger partial charge in [0.2, 0.25) is 0 Å². The van der Waals surface area contributed by atoms with Crippen LogP contribution in [0.1, 0.15) is 19.4 Å². The van der Waals surface area contributed by atoms with Gasteiger partial charge in [0.15, 0.2) is 6.61 Å². The van der Waals surface area contributed by atoms with E-state index < -0.39 is 9.05 Å². The number of ether oxygens (including phenoxy) is 1. The van der Waals surface area contributed by atoms with E-state index >= 15 is 0 Å². The van der Waals surface area contributed by atoms with Crippen molar-refractivity contribution in [3.63, 3.8) is 0 Å². The Morgan fingerprint density at radius 2 is 2.00 bits per heavy atom. The highest BCUT2D eigenvalue weighted by Crippen LogP contribution is 2.33. The summed E-state index contributed by atoms with van der Waals surface area (Å²) in [6.45, 7) is 5.17. The van der Waals surface area contributed by atoms with Gasteiger partial charge >= 0.3 is 0 Å². The standard InChI is InChI=1S/C13H17BrClNO4S/c1-8(2)16(4)12(17)7-20-13-9(3)5-10(14)6-11(13)21(15,18)19/h5-6,8H,7H2,1-4H3. The number of carbonyl (C=O) groups excluding carboxylic acids is 1. The summed E-state index contributed by atoms with van der Waals surface area (Å²) in [5.41, 5.74) is 0.573. The second kappa shape index (κ2) is 6.98. The van der Waals surface area contributed by atoms with E-state index in [0.29, 0.717) is 10.0 Å². The Morgan fingerprint density at radius 1 is 1.43 bits per heavy atom. The molecule has 0 bridgehead atoms. The van der Waals surface area contributed by atoms with Gasteiger partial charge in [-0.2, -0.15) is 0 Å². The molecule has 0 spiro atoms. The molecule has 118 valence electrons. The van der Waals surface area contributed by atoms with Crippen LogP contribution in [0.2, 0.25) is 0 Å². The van der Waals surface area contributed by atoms with E-state index in [1.54, 1.807) is 20.0 Å². The van der Waals surface area contributed by atoms with Gasteiger partial charge in [0.1, 0.15) is 10.6 Å². The van der Waals surface area contributed by atoms with Gasteiger partial charge in [0.05, 0.1) is 0 Å². The molecule has 0 aromatic heterocycles. The van der Waals surface area contributed by atoms with Gasteiger partial charge in [0, 0.05) is 28.2 Å². The van der Waals surface area contributed by atoms with Crippen LogP contribution in [-0.4, -0.2) is 38.9 Å². The Hall–Kier alpha value is -0.790. The molecule has 5 nitrogen and oxygen atoms in total. The molecule has 0 saturated carbocycles. The Kier molecular flexibility index (Phi) is 6.07. The van der Waals surface area contributed by atoms with E-state index in [1.165, 1.54) is 11.0 Å². The zero-order valence-corrected chi connectivity index (χ0v) is 15.3. The first-order valence-electron chi connectivity index (χ1n) is 6.17. The van der Waals surface area contributed by atoms with Crippen molar-refractivity contribution in [2.45, 2.75) is 31.7 Å². The Balaban J connectivity index is 3.07. The molecule has 0 unspecified atom stereocenters. The molecule has 1 aromatic carbocycles. The zero-order chi connectivity index (χ0) is 16.4. The van der Waals surface area contributed by atoms with Gasteiger partial charge in [-0.1, -0.05) is 15.9 Å². The Morgan fingerprint density at radius 3 is 2.48 bits per heavy atom. The van der Waals surface area contributed by atoms with Gasteiger partial charge in [-0.25, -0.2) is 8.42 Å². The fourth-order valence-corrected chi connectivity index (χ4v) is 3.37. The number of carbonyl (C=O) groups is 1. The summed E-state index contributed by atoms with van der Waals surface area (Å²) < 4.78 is 29.2. The molecule has 0 aliphatic carbocycles. The normalized spacial score (nSPS) is 11.6. The molecule has 0 heterocycles. The molecular weight excluding hydrogens is 382 g/mol. The maximum atomic E-state index is 11.9. The van der Waals surface area contributed by atoms with Gasteiger partial charge < -0.3 is 9.64 Å². The predicted molar refractivity (Wildman–Crippen MR) is 85.3 cm³/mol. The van der Waals surface area contributed by atoms with Crippen LogP contribution in [0.5, 0.6) is 5.75 Å². The molecule has 0 N–H and O–H groups in total. The highest BCUT2D eigenvalue weighted by Gasteiger charge is 2.21. The van der Waals surface area contributed by atoms with Crippen molar-refractivity contribution in [2.75, 3.05) is 13.7 Å². The van der Waals surface area contributed by atoms with Crippen LogP contribution in [0.25, 0.3) is 0 Å². The summed E-state index contributed by atoms with van der Waals surface area (Å²) in [4.78, 5) is 13.3. The number of rotatable bonds is 5. The van der Waals surface area contributed by atoms with Crippen LogP contribution in [0.4, 0.5) is 0 Å². The van der Waals surface area contributed by atoms with E-state index in [-0.39, 0.29) is 29.2 Å². The van der Waals surface area contributed by atoms with Gasteiger partial charge in [-0.3, -0.25) is 4.79 Å². The molecule has 1 aromatic rings.